The lowest BCUT2D eigenvalue weighted by Gasteiger charge is -2.28. The molecule has 0 amide bonds. The molecule has 0 heterocycles. The predicted molar refractivity (Wildman–Crippen MR) is 102 cm³/mol. The number of nitrogens with zero attached hydrogens (tertiary/aromatic N) is 1. The quantitative estimate of drug-likeness (QED) is 0.271. The van der Waals surface area contributed by atoms with Crippen molar-refractivity contribution in [3.8, 4) is 0 Å². The van der Waals surface area contributed by atoms with Crippen molar-refractivity contribution in [1.29, 1.82) is 0 Å². The minimum atomic E-state index is -0.670. The highest BCUT2D eigenvalue weighted by atomic mass is 16.6. The van der Waals surface area contributed by atoms with Crippen LogP contribution in [0.15, 0.2) is 0 Å². The van der Waals surface area contributed by atoms with Gasteiger partial charge in [0.15, 0.2) is 0 Å². The minimum absolute atomic E-state index is 0.168. The van der Waals surface area contributed by atoms with Gasteiger partial charge in [-0.3, -0.25) is 4.79 Å². The van der Waals surface area contributed by atoms with Gasteiger partial charge in [-0.05, 0) is 19.8 Å². The van der Waals surface area contributed by atoms with Crippen LogP contribution in [0.25, 0.3) is 0 Å². The fraction of sp³-hybridized carbons (Fsp3) is 0.947. The first-order chi connectivity index (χ1) is 12.5. The summed E-state index contributed by atoms with van der Waals surface area (Å²) in [5.74, 6) is -0.372. The maximum atomic E-state index is 10.9. The average Bonchev–Trinajstić information content (AvgIpc) is 2.49. The topological polar surface area (TPSA) is 105 Å². The summed E-state index contributed by atoms with van der Waals surface area (Å²) in [4.78, 5) is 10.9. The summed E-state index contributed by atoms with van der Waals surface area (Å²) in [5.41, 5.74) is 0. The van der Waals surface area contributed by atoms with Gasteiger partial charge in [0.05, 0.1) is 53.2 Å². The summed E-state index contributed by atoms with van der Waals surface area (Å²) < 4.78 is 17.0. The van der Waals surface area contributed by atoms with Crippen molar-refractivity contribution in [1.82, 2.24) is 0 Å². The number of likely N-dealkylation sites (N-methyl/N-ethyl adjacent to an activating group) is 1. The lowest BCUT2D eigenvalue weighted by molar-refractivity contribution is -0.873. The molecule has 0 radical (unpaired) electrons. The zero-order valence-electron chi connectivity index (χ0n) is 17.8. The van der Waals surface area contributed by atoms with Crippen LogP contribution in [0.4, 0.5) is 0 Å². The van der Waals surface area contributed by atoms with Crippen molar-refractivity contribution < 1.29 is 38.8 Å². The predicted octanol–water partition coefficient (Wildman–Crippen LogP) is 0.319. The molecule has 0 rings (SSSR count). The monoisotopic (exact) mass is 394 g/mol. The van der Waals surface area contributed by atoms with Crippen molar-refractivity contribution in [2.24, 2.45) is 0 Å². The molecule has 0 aromatic rings. The second-order valence-electron chi connectivity index (χ2n) is 8.18. The number of carbonyl (C=O) groups is 1. The highest BCUT2D eigenvalue weighted by Crippen LogP contribution is 2.15. The lowest BCUT2D eigenvalue weighted by atomic mass is 10.0. The Bertz CT molecular complexity index is 400. The number of esters is 1. The van der Waals surface area contributed by atoms with E-state index in [-0.39, 0.29) is 38.0 Å². The second kappa shape index (κ2) is 13.4. The molecule has 0 aliphatic rings. The maximum Gasteiger partial charge on any atom is 0.302 e. The van der Waals surface area contributed by atoms with Gasteiger partial charge in [-0.15, -0.1) is 0 Å². The molecular formula is C19H40NO7+. The van der Waals surface area contributed by atoms with Crippen LogP contribution < -0.4 is 0 Å². The number of hydrogen-bond acceptors (Lipinski definition) is 7. The summed E-state index contributed by atoms with van der Waals surface area (Å²) in [6, 6.07) is 0. The summed E-state index contributed by atoms with van der Waals surface area (Å²) in [5, 5.41) is 29.6. The zero-order valence-corrected chi connectivity index (χ0v) is 17.8. The Morgan fingerprint density at radius 1 is 1.04 bits per heavy atom. The Morgan fingerprint density at radius 2 is 1.67 bits per heavy atom. The van der Waals surface area contributed by atoms with Crippen molar-refractivity contribution in [2.45, 2.75) is 70.6 Å². The van der Waals surface area contributed by atoms with E-state index in [1.54, 1.807) is 6.92 Å². The number of ether oxygens (including phenoxy) is 3. The van der Waals surface area contributed by atoms with E-state index in [9.17, 15) is 20.1 Å². The molecule has 8 heteroatoms. The van der Waals surface area contributed by atoms with Crippen LogP contribution in [-0.2, 0) is 19.0 Å². The molecule has 0 saturated heterocycles. The largest absolute Gasteiger partial charge is 0.463 e. The summed E-state index contributed by atoms with van der Waals surface area (Å²) in [6.45, 7) is 5.71. The molecule has 0 spiro atoms. The molecule has 27 heavy (non-hydrogen) atoms. The molecule has 0 aromatic carbocycles. The third-order valence-corrected chi connectivity index (χ3v) is 3.92. The van der Waals surface area contributed by atoms with Crippen LogP contribution >= 0.6 is 0 Å². The first kappa shape index (κ1) is 26.2. The minimum Gasteiger partial charge on any atom is -0.463 e. The summed E-state index contributed by atoms with van der Waals surface area (Å²) in [7, 11) is 5.97. The zero-order chi connectivity index (χ0) is 21.0. The molecule has 0 saturated carbocycles. The highest BCUT2D eigenvalue weighted by molar-refractivity contribution is 5.66. The van der Waals surface area contributed by atoms with Gasteiger partial charge in [0.25, 0.3) is 0 Å². The van der Waals surface area contributed by atoms with Gasteiger partial charge >= 0.3 is 5.97 Å². The van der Waals surface area contributed by atoms with E-state index < -0.39 is 18.3 Å². The Labute approximate surface area is 163 Å². The Hall–Kier alpha value is -0.770. The number of aliphatic hydroxyl groups is 3. The van der Waals surface area contributed by atoms with Crippen molar-refractivity contribution in [2.75, 3.05) is 47.5 Å². The van der Waals surface area contributed by atoms with E-state index in [0.717, 1.165) is 0 Å². The molecule has 0 bridgehead atoms. The van der Waals surface area contributed by atoms with Crippen LogP contribution in [0.1, 0.15) is 40.0 Å². The van der Waals surface area contributed by atoms with Gasteiger partial charge in [-0.25, -0.2) is 0 Å². The fourth-order valence-electron chi connectivity index (χ4n) is 2.86. The lowest BCUT2D eigenvalue weighted by Crippen LogP contribution is -2.43. The molecule has 5 unspecified atom stereocenters. The van der Waals surface area contributed by atoms with E-state index in [0.29, 0.717) is 30.3 Å². The number of hydrogen-bond donors (Lipinski definition) is 3. The number of carbonyl (C=O) groups excluding carboxylic acids is 1. The number of aliphatic hydroxyl groups excluding tert-OH is 3. The molecule has 3 N–H and O–H groups in total. The Kier molecular flexibility index (Phi) is 13.0. The van der Waals surface area contributed by atoms with E-state index in [1.807, 2.05) is 28.1 Å². The first-order valence-electron chi connectivity index (χ1n) is 9.64. The molecule has 0 fully saturated rings. The number of quaternary nitrogens is 1. The van der Waals surface area contributed by atoms with Gasteiger partial charge in [-0.2, -0.15) is 0 Å². The van der Waals surface area contributed by atoms with Gasteiger partial charge in [0.2, 0.25) is 0 Å². The van der Waals surface area contributed by atoms with Crippen molar-refractivity contribution in [3.63, 3.8) is 0 Å². The summed E-state index contributed by atoms with van der Waals surface area (Å²) in [6.07, 6.45) is -1.02. The van der Waals surface area contributed by atoms with Crippen LogP contribution in [0, 0.1) is 0 Å². The fourth-order valence-corrected chi connectivity index (χ4v) is 2.86. The van der Waals surface area contributed by atoms with Crippen LogP contribution in [-0.4, -0.2) is 104 Å². The third kappa shape index (κ3) is 14.9. The van der Waals surface area contributed by atoms with Crippen LogP contribution in [0.3, 0.4) is 0 Å². The first-order valence-corrected chi connectivity index (χ1v) is 9.64. The van der Waals surface area contributed by atoms with Gasteiger partial charge < -0.3 is 34.0 Å². The second-order valence-corrected chi connectivity index (χ2v) is 8.18. The molecule has 5 atom stereocenters. The standard InChI is InChI=1S/C19H40NO7/c1-7-18(9-16(23)8-14(2)26-15(3)22)27-19(11-21)13-25-12-17(24)10-20(4,5)6/h14,16-19,21,23-24H,7-13H2,1-6H3/q+1. The molecule has 0 aliphatic carbocycles. The molecule has 0 aliphatic heterocycles. The van der Waals surface area contributed by atoms with Crippen molar-refractivity contribution in [3.05, 3.63) is 0 Å². The highest BCUT2D eigenvalue weighted by Gasteiger charge is 2.22. The molecule has 0 aromatic heterocycles. The Balaban J connectivity index is 4.29. The van der Waals surface area contributed by atoms with Crippen molar-refractivity contribution >= 4 is 5.97 Å². The van der Waals surface area contributed by atoms with Gasteiger partial charge in [-0.1, -0.05) is 6.92 Å². The summed E-state index contributed by atoms with van der Waals surface area (Å²) >= 11 is 0. The molecular weight excluding hydrogens is 354 g/mol. The average molecular weight is 395 g/mol. The molecule has 8 nitrogen and oxygen atoms in total. The normalized spacial score (nSPS) is 17.8. The van der Waals surface area contributed by atoms with E-state index in [1.165, 1.54) is 6.92 Å². The van der Waals surface area contributed by atoms with Gasteiger partial charge in [0.1, 0.15) is 24.9 Å². The van der Waals surface area contributed by atoms with E-state index >= 15 is 0 Å². The van der Waals surface area contributed by atoms with E-state index in [2.05, 4.69) is 0 Å². The molecule has 162 valence electrons. The Morgan fingerprint density at radius 3 is 2.15 bits per heavy atom. The smallest absolute Gasteiger partial charge is 0.302 e. The van der Waals surface area contributed by atoms with Crippen LogP contribution in [0.5, 0.6) is 0 Å². The maximum absolute atomic E-state index is 10.9. The SMILES string of the molecule is CCC(CC(O)CC(C)OC(C)=O)OC(CO)COCC(O)C[N+](C)(C)C. The van der Waals surface area contributed by atoms with Crippen LogP contribution in [0.2, 0.25) is 0 Å². The van der Waals surface area contributed by atoms with E-state index in [4.69, 9.17) is 14.2 Å². The number of rotatable bonds is 15. The third-order valence-electron chi connectivity index (χ3n) is 3.92. The van der Waals surface area contributed by atoms with Gasteiger partial charge in [0, 0.05) is 13.3 Å².